The lowest BCUT2D eigenvalue weighted by molar-refractivity contribution is 0.0218. The summed E-state index contributed by atoms with van der Waals surface area (Å²) in [6, 6.07) is 5.88. The first kappa shape index (κ1) is 21.9. The van der Waals surface area contributed by atoms with Gasteiger partial charge in [0.25, 0.3) is 0 Å². The number of esters is 1. The Hall–Kier alpha value is -2.13. The van der Waals surface area contributed by atoms with Gasteiger partial charge in [-0.2, -0.15) is 0 Å². The van der Waals surface area contributed by atoms with Gasteiger partial charge in [0.1, 0.15) is 0 Å². The van der Waals surface area contributed by atoms with Gasteiger partial charge >= 0.3 is 5.97 Å². The Bertz CT molecular complexity index is 681. The lowest BCUT2D eigenvalue weighted by Crippen LogP contribution is -2.25. The standard InChI is InChI=1S/C23H32O3/c1-7-9-19(10-8-2)13-17(3)20-11-12-21(18(4)14-20)22(25)26-16-23(5,6)15-24/h7-12,14,17,24H,1,13,15-16H2,2-6H3/b10-8-,19-9+. The Morgan fingerprint density at radius 3 is 2.62 bits per heavy atom. The predicted octanol–water partition coefficient (Wildman–Crippen LogP) is 5.35. The van der Waals surface area contributed by atoms with Gasteiger partial charge in [0.2, 0.25) is 0 Å². The van der Waals surface area contributed by atoms with Gasteiger partial charge in [-0.1, -0.05) is 63.8 Å². The highest BCUT2D eigenvalue weighted by Gasteiger charge is 2.21. The molecule has 1 unspecified atom stereocenters. The van der Waals surface area contributed by atoms with Gasteiger partial charge in [-0.15, -0.1) is 0 Å². The molecule has 1 rings (SSSR count). The van der Waals surface area contributed by atoms with Crippen molar-refractivity contribution < 1.29 is 14.6 Å². The highest BCUT2D eigenvalue weighted by molar-refractivity contribution is 5.91. The SMILES string of the molecule is C=C/C=C(\C=C/C)CC(C)c1ccc(C(=O)OCC(C)(C)CO)c(C)c1. The normalized spacial score (nSPS) is 13.7. The van der Waals surface area contributed by atoms with Crippen molar-refractivity contribution in [2.75, 3.05) is 13.2 Å². The second-order valence-electron chi connectivity index (χ2n) is 7.56. The zero-order valence-electron chi connectivity index (χ0n) is 16.7. The molecule has 0 aliphatic heterocycles. The average Bonchev–Trinajstić information content (AvgIpc) is 2.60. The van der Waals surface area contributed by atoms with Crippen molar-refractivity contribution in [3.8, 4) is 0 Å². The Kier molecular flexibility index (Phi) is 8.53. The molecule has 1 aromatic carbocycles. The van der Waals surface area contributed by atoms with Crippen LogP contribution in [0.25, 0.3) is 0 Å². The number of allylic oxidation sites excluding steroid dienone is 5. The highest BCUT2D eigenvalue weighted by atomic mass is 16.5. The van der Waals surface area contributed by atoms with Crippen molar-refractivity contribution in [3.63, 3.8) is 0 Å². The molecule has 0 aliphatic rings. The second kappa shape index (κ2) is 10.1. The van der Waals surface area contributed by atoms with E-state index in [2.05, 4.69) is 25.6 Å². The van der Waals surface area contributed by atoms with E-state index in [4.69, 9.17) is 4.74 Å². The number of aliphatic hydroxyl groups excluding tert-OH is 1. The van der Waals surface area contributed by atoms with Gasteiger partial charge in [0, 0.05) is 5.41 Å². The van der Waals surface area contributed by atoms with Crippen LogP contribution < -0.4 is 0 Å². The molecular formula is C23H32O3. The first-order valence-electron chi connectivity index (χ1n) is 9.07. The monoisotopic (exact) mass is 356 g/mol. The van der Waals surface area contributed by atoms with Gasteiger partial charge in [0.05, 0.1) is 18.8 Å². The molecule has 142 valence electrons. The fourth-order valence-electron chi connectivity index (χ4n) is 2.64. The van der Waals surface area contributed by atoms with Crippen LogP contribution in [0.5, 0.6) is 0 Å². The maximum Gasteiger partial charge on any atom is 0.338 e. The Morgan fingerprint density at radius 1 is 1.38 bits per heavy atom. The summed E-state index contributed by atoms with van der Waals surface area (Å²) >= 11 is 0. The lowest BCUT2D eigenvalue weighted by Gasteiger charge is -2.21. The highest BCUT2D eigenvalue weighted by Crippen LogP contribution is 2.26. The summed E-state index contributed by atoms with van der Waals surface area (Å²) in [5.41, 5.74) is 3.46. The molecule has 3 heteroatoms. The summed E-state index contributed by atoms with van der Waals surface area (Å²) < 4.78 is 5.37. The number of hydrogen-bond donors (Lipinski definition) is 1. The molecule has 0 aliphatic carbocycles. The van der Waals surface area contributed by atoms with Crippen molar-refractivity contribution in [3.05, 3.63) is 71.3 Å². The molecule has 0 saturated heterocycles. The van der Waals surface area contributed by atoms with E-state index < -0.39 is 5.41 Å². The fraction of sp³-hybridized carbons (Fsp3) is 0.435. The lowest BCUT2D eigenvalue weighted by atomic mass is 9.91. The summed E-state index contributed by atoms with van der Waals surface area (Å²) in [5, 5.41) is 9.27. The summed E-state index contributed by atoms with van der Waals surface area (Å²) in [4.78, 5) is 12.3. The van der Waals surface area contributed by atoms with Crippen LogP contribution in [0.2, 0.25) is 0 Å². The minimum atomic E-state index is -0.432. The number of aryl methyl sites for hydroxylation is 1. The van der Waals surface area contributed by atoms with E-state index in [0.29, 0.717) is 11.5 Å². The zero-order valence-corrected chi connectivity index (χ0v) is 16.7. The third kappa shape index (κ3) is 6.64. The largest absolute Gasteiger partial charge is 0.461 e. The Morgan fingerprint density at radius 2 is 2.08 bits per heavy atom. The van der Waals surface area contributed by atoms with Gasteiger partial charge in [0.15, 0.2) is 0 Å². The smallest absolute Gasteiger partial charge is 0.338 e. The molecule has 1 atom stereocenters. The van der Waals surface area contributed by atoms with Gasteiger partial charge < -0.3 is 9.84 Å². The molecular weight excluding hydrogens is 324 g/mol. The summed E-state index contributed by atoms with van der Waals surface area (Å²) in [6.45, 7) is 13.8. The third-order valence-electron chi connectivity index (χ3n) is 4.32. The molecule has 0 radical (unpaired) electrons. The summed E-state index contributed by atoms with van der Waals surface area (Å²) in [5.74, 6) is -0.0149. The van der Waals surface area contributed by atoms with Crippen molar-refractivity contribution in [2.45, 2.75) is 47.0 Å². The number of ether oxygens (including phenoxy) is 1. The fourth-order valence-corrected chi connectivity index (χ4v) is 2.64. The molecule has 1 aromatic rings. The molecule has 0 aromatic heterocycles. The van der Waals surface area contributed by atoms with Crippen LogP contribution >= 0.6 is 0 Å². The van der Waals surface area contributed by atoms with Crippen LogP contribution in [0.15, 0.2) is 54.7 Å². The van der Waals surface area contributed by atoms with Crippen LogP contribution in [-0.4, -0.2) is 24.3 Å². The van der Waals surface area contributed by atoms with Gasteiger partial charge in [-0.05, 0) is 49.0 Å². The molecule has 3 nitrogen and oxygen atoms in total. The van der Waals surface area contributed by atoms with E-state index in [0.717, 1.165) is 12.0 Å². The van der Waals surface area contributed by atoms with E-state index in [-0.39, 0.29) is 19.2 Å². The molecule has 0 amide bonds. The number of rotatable bonds is 9. The van der Waals surface area contributed by atoms with Gasteiger partial charge in [-0.25, -0.2) is 4.79 Å². The molecule has 0 heterocycles. The van der Waals surface area contributed by atoms with E-state index in [1.54, 1.807) is 6.08 Å². The maximum atomic E-state index is 12.3. The number of benzene rings is 1. The minimum absolute atomic E-state index is 0.0253. The van der Waals surface area contributed by atoms with Crippen LogP contribution in [0.1, 0.15) is 61.5 Å². The molecule has 1 N–H and O–H groups in total. The Labute approximate surface area is 158 Å². The quantitative estimate of drug-likeness (QED) is 0.479. The van der Waals surface area contributed by atoms with Crippen molar-refractivity contribution in [1.82, 2.24) is 0 Å². The molecule has 0 saturated carbocycles. The molecule has 0 fully saturated rings. The number of carbonyl (C=O) groups is 1. The minimum Gasteiger partial charge on any atom is -0.461 e. The number of aliphatic hydroxyl groups is 1. The first-order valence-corrected chi connectivity index (χ1v) is 9.07. The Balaban J connectivity index is 2.87. The maximum absolute atomic E-state index is 12.3. The molecule has 0 bridgehead atoms. The second-order valence-corrected chi connectivity index (χ2v) is 7.56. The van der Waals surface area contributed by atoms with E-state index >= 15 is 0 Å². The van der Waals surface area contributed by atoms with Crippen LogP contribution in [-0.2, 0) is 4.74 Å². The summed E-state index contributed by atoms with van der Waals surface area (Å²) in [7, 11) is 0. The van der Waals surface area contributed by atoms with E-state index in [1.165, 1.54) is 11.1 Å². The van der Waals surface area contributed by atoms with Gasteiger partial charge in [-0.3, -0.25) is 0 Å². The van der Waals surface area contributed by atoms with Crippen molar-refractivity contribution in [1.29, 1.82) is 0 Å². The van der Waals surface area contributed by atoms with Crippen LogP contribution in [0, 0.1) is 12.3 Å². The summed E-state index contributed by atoms with van der Waals surface area (Å²) in [6.07, 6.45) is 8.86. The third-order valence-corrected chi connectivity index (χ3v) is 4.32. The van der Waals surface area contributed by atoms with E-state index in [9.17, 15) is 9.90 Å². The first-order chi connectivity index (χ1) is 12.2. The molecule has 0 spiro atoms. The molecule has 26 heavy (non-hydrogen) atoms. The van der Waals surface area contributed by atoms with Crippen molar-refractivity contribution >= 4 is 5.97 Å². The average molecular weight is 357 g/mol. The van der Waals surface area contributed by atoms with Crippen molar-refractivity contribution in [2.24, 2.45) is 5.41 Å². The zero-order chi connectivity index (χ0) is 19.7. The topological polar surface area (TPSA) is 46.5 Å². The van der Waals surface area contributed by atoms with E-state index in [1.807, 2.05) is 52.0 Å². The van der Waals surface area contributed by atoms with Crippen LogP contribution in [0.4, 0.5) is 0 Å². The predicted molar refractivity (Wildman–Crippen MR) is 108 cm³/mol. The number of carbonyl (C=O) groups excluding carboxylic acids is 1. The number of hydrogen-bond acceptors (Lipinski definition) is 3. The van der Waals surface area contributed by atoms with Crippen LogP contribution in [0.3, 0.4) is 0 Å².